The number of nitrogens with one attached hydrogen (secondary N) is 2. The summed E-state index contributed by atoms with van der Waals surface area (Å²) in [5.41, 5.74) is 1.24. The Morgan fingerprint density at radius 3 is 2.72 bits per heavy atom. The second-order valence-corrected chi connectivity index (χ2v) is 4.83. The smallest absolute Gasteiger partial charge is 0.234 e. The van der Waals surface area contributed by atoms with E-state index < -0.39 is 0 Å². The largest absolute Gasteiger partial charge is 0.352 e. The number of hydrogen-bond donors (Lipinski definition) is 2. The molecule has 0 spiro atoms. The van der Waals surface area contributed by atoms with Crippen molar-refractivity contribution in [2.45, 2.75) is 38.1 Å². The molecule has 0 aliphatic heterocycles. The minimum Gasteiger partial charge on any atom is -0.352 e. The lowest BCUT2D eigenvalue weighted by Gasteiger charge is -2.12. The van der Waals surface area contributed by atoms with E-state index in [2.05, 4.69) is 15.6 Å². The molecule has 2 N–H and O–H groups in total. The predicted octanol–water partition coefficient (Wildman–Crippen LogP) is 1.27. The molecule has 1 aromatic heterocycles. The van der Waals surface area contributed by atoms with Crippen LogP contribution in [0, 0.1) is 0 Å². The van der Waals surface area contributed by atoms with Crippen molar-refractivity contribution in [3.05, 3.63) is 30.1 Å². The third-order valence-corrected chi connectivity index (χ3v) is 3.35. The van der Waals surface area contributed by atoms with Gasteiger partial charge in [-0.1, -0.05) is 12.8 Å². The van der Waals surface area contributed by atoms with Crippen molar-refractivity contribution in [1.82, 2.24) is 15.6 Å². The van der Waals surface area contributed by atoms with E-state index >= 15 is 0 Å². The summed E-state index contributed by atoms with van der Waals surface area (Å²) in [5, 5.41) is 6.24. The summed E-state index contributed by atoms with van der Waals surface area (Å²) in [6.45, 7) is 1.24. The molecule has 0 radical (unpaired) electrons. The summed E-state index contributed by atoms with van der Waals surface area (Å²) < 4.78 is 0. The lowest BCUT2D eigenvalue weighted by Crippen LogP contribution is -2.39. The van der Waals surface area contributed by atoms with E-state index in [9.17, 15) is 4.79 Å². The van der Waals surface area contributed by atoms with Gasteiger partial charge >= 0.3 is 0 Å². The highest BCUT2D eigenvalue weighted by Gasteiger charge is 2.16. The molecule has 1 aromatic rings. The van der Waals surface area contributed by atoms with Gasteiger partial charge in [-0.25, -0.2) is 0 Å². The molecule has 0 saturated heterocycles. The molecule has 4 nitrogen and oxygen atoms in total. The fraction of sp³-hybridized carbons (Fsp3) is 0.571. The van der Waals surface area contributed by atoms with Crippen molar-refractivity contribution in [1.29, 1.82) is 0 Å². The van der Waals surface area contributed by atoms with Gasteiger partial charge in [-0.05, 0) is 43.5 Å². The van der Waals surface area contributed by atoms with Gasteiger partial charge in [-0.2, -0.15) is 0 Å². The van der Waals surface area contributed by atoms with Crippen LogP contribution < -0.4 is 10.6 Å². The van der Waals surface area contributed by atoms with Gasteiger partial charge in [0.1, 0.15) is 0 Å². The lowest BCUT2D eigenvalue weighted by atomic mass is 10.2. The topological polar surface area (TPSA) is 54.0 Å². The van der Waals surface area contributed by atoms with E-state index in [-0.39, 0.29) is 5.91 Å². The second-order valence-electron chi connectivity index (χ2n) is 4.83. The molecule has 1 aliphatic carbocycles. The average Bonchev–Trinajstić information content (AvgIpc) is 2.89. The van der Waals surface area contributed by atoms with Crippen molar-refractivity contribution in [2.24, 2.45) is 0 Å². The Labute approximate surface area is 108 Å². The number of carbonyl (C=O) groups excluding carboxylic acids is 1. The van der Waals surface area contributed by atoms with Crippen LogP contribution in [0.5, 0.6) is 0 Å². The first-order chi connectivity index (χ1) is 8.84. The van der Waals surface area contributed by atoms with Crippen molar-refractivity contribution < 1.29 is 4.79 Å². The Morgan fingerprint density at radius 1 is 1.28 bits per heavy atom. The molecule has 0 bridgehead atoms. The van der Waals surface area contributed by atoms with Gasteiger partial charge in [-0.15, -0.1) is 0 Å². The number of hydrogen-bond acceptors (Lipinski definition) is 3. The normalized spacial score (nSPS) is 15.8. The molecule has 1 heterocycles. The van der Waals surface area contributed by atoms with Crippen LogP contribution in [-0.4, -0.2) is 30.0 Å². The van der Waals surface area contributed by atoms with Crippen LogP contribution in [0.15, 0.2) is 24.5 Å². The predicted molar refractivity (Wildman–Crippen MR) is 71.2 cm³/mol. The van der Waals surface area contributed by atoms with Gasteiger partial charge in [0, 0.05) is 18.4 Å². The summed E-state index contributed by atoms with van der Waals surface area (Å²) in [7, 11) is 0. The maximum absolute atomic E-state index is 11.6. The highest BCUT2D eigenvalue weighted by molar-refractivity contribution is 5.78. The minimum atomic E-state index is 0.122. The molecule has 0 aromatic carbocycles. The summed E-state index contributed by atoms with van der Waals surface area (Å²) in [5.74, 6) is 0.122. The Bertz CT molecular complexity index is 361. The molecule has 1 saturated carbocycles. The van der Waals surface area contributed by atoms with E-state index in [1.54, 1.807) is 12.4 Å². The number of rotatable bonds is 6. The number of nitrogens with zero attached hydrogens (tertiary/aromatic N) is 1. The quantitative estimate of drug-likeness (QED) is 0.744. The standard InChI is InChI=1S/C14H21N3O/c18-14(17-13-3-1-2-4-13)11-16-10-7-12-5-8-15-9-6-12/h5-6,8-9,13,16H,1-4,7,10-11H2,(H,17,18). The van der Waals surface area contributed by atoms with E-state index in [1.807, 2.05) is 12.1 Å². The van der Waals surface area contributed by atoms with Gasteiger partial charge in [-0.3, -0.25) is 9.78 Å². The van der Waals surface area contributed by atoms with Crippen LogP contribution in [-0.2, 0) is 11.2 Å². The first kappa shape index (κ1) is 13.0. The van der Waals surface area contributed by atoms with Crippen LogP contribution in [0.2, 0.25) is 0 Å². The number of carbonyl (C=O) groups is 1. The molecular formula is C14H21N3O. The van der Waals surface area contributed by atoms with Gasteiger partial charge in [0.05, 0.1) is 6.54 Å². The van der Waals surface area contributed by atoms with Crippen molar-refractivity contribution >= 4 is 5.91 Å². The van der Waals surface area contributed by atoms with Crippen LogP contribution in [0.25, 0.3) is 0 Å². The maximum Gasteiger partial charge on any atom is 0.234 e. The first-order valence-corrected chi connectivity index (χ1v) is 6.73. The molecular weight excluding hydrogens is 226 g/mol. The Kier molecular flexibility index (Phi) is 5.15. The SMILES string of the molecule is O=C(CNCCc1ccncc1)NC1CCCC1. The zero-order valence-electron chi connectivity index (χ0n) is 10.7. The van der Waals surface area contributed by atoms with Crippen LogP contribution >= 0.6 is 0 Å². The second kappa shape index (κ2) is 7.11. The molecule has 0 atom stereocenters. The van der Waals surface area contributed by atoms with Gasteiger partial charge in [0.15, 0.2) is 0 Å². The zero-order chi connectivity index (χ0) is 12.6. The molecule has 1 aliphatic rings. The molecule has 1 fully saturated rings. The van der Waals surface area contributed by atoms with Crippen LogP contribution in [0.4, 0.5) is 0 Å². The van der Waals surface area contributed by atoms with E-state index in [4.69, 9.17) is 0 Å². The van der Waals surface area contributed by atoms with Crippen LogP contribution in [0.3, 0.4) is 0 Å². The molecule has 0 unspecified atom stereocenters. The summed E-state index contributed by atoms with van der Waals surface area (Å²) in [4.78, 5) is 15.6. The van der Waals surface area contributed by atoms with Gasteiger partial charge in [0.25, 0.3) is 0 Å². The molecule has 1 amide bonds. The Hall–Kier alpha value is -1.42. The van der Waals surface area contributed by atoms with Crippen molar-refractivity contribution in [2.75, 3.05) is 13.1 Å². The fourth-order valence-electron chi connectivity index (χ4n) is 2.33. The Balaban J connectivity index is 1.56. The summed E-state index contributed by atoms with van der Waals surface area (Å²) in [6, 6.07) is 4.42. The van der Waals surface area contributed by atoms with E-state index in [1.165, 1.54) is 18.4 Å². The third kappa shape index (κ3) is 4.45. The average molecular weight is 247 g/mol. The zero-order valence-corrected chi connectivity index (χ0v) is 10.7. The maximum atomic E-state index is 11.6. The highest BCUT2D eigenvalue weighted by Crippen LogP contribution is 2.17. The number of pyridine rings is 1. The summed E-state index contributed by atoms with van der Waals surface area (Å²) >= 11 is 0. The van der Waals surface area contributed by atoms with E-state index in [0.717, 1.165) is 25.8 Å². The van der Waals surface area contributed by atoms with Crippen molar-refractivity contribution in [3.63, 3.8) is 0 Å². The first-order valence-electron chi connectivity index (χ1n) is 6.73. The molecule has 18 heavy (non-hydrogen) atoms. The van der Waals surface area contributed by atoms with E-state index in [0.29, 0.717) is 12.6 Å². The summed E-state index contributed by atoms with van der Waals surface area (Å²) in [6.07, 6.45) is 9.30. The Morgan fingerprint density at radius 2 is 2.00 bits per heavy atom. The fourth-order valence-corrected chi connectivity index (χ4v) is 2.33. The van der Waals surface area contributed by atoms with Gasteiger partial charge in [0.2, 0.25) is 5.91 Å². The van der Waals surface area contributed by atoms with Crippen LogP contribution in [0.1, 0.15) is 31.2 Å². The third-order valence-electron chi connectivity index (χ3n) is 3.35. The number of aromatic nitrogens is 1. The van der Waals surface area contributed by atoms with Crippen molar-refractivity contribution in [3.8, 4) is 0 Å². The van der Waals surface area contributed by atoms with Gasteiger partial charge < -0.3 is 10.6 Å². The highest BCUT2D eigenvalue weighted by atomic mass is 16.1. The molecule has 98 valence electrons. The monoisotopic (exact) mass is 247 g/mol. The molecule has 2 rings (SSSR count). The molecule has 4 heteroatoms. The lowest BCUT2D eigenvalue weighted by molar-refractivity contribution is -0.120. The number of amides is 1. The minimum absolute atomic E-state index is 0.122.